The number of benzene rings is 1. The van der Waals surface area contributed by atoms with E-state index < -0.39 is 0 Å². The van der Waals surface area contributed by atoms with Gasteiger partial charge in [0.15, 0.2) is 5.76 Å². The Kier molecular flexibility index (Phi) is 6.39. The normalized spacial score (nSPS) is 11.1. The van der Waals surface area contributed by atoms with E-state index in [4.69, 9.17) is 23.7 Å². The van der Waals surface area contributed by atoms with E-state index >= 15 is 0 Å². The Bertz CT molecular complexity index is 736. The number of furan rings is 1. The molecule has 0 bridgehead atoms. The van der Waals surface area contributed by atoms with Crippen molar-refractivity contribution in [3.63, 3.8) is 0 Å². The lowest BCUT2D eigenvalue weighted by molar-refractivity contribution is 0.0247. The summed E-state index contributed by atoms with van der Waals surface area (Å²) in [6, 6.07) is 13.6. The summed E-state index contributed by atoms with van der Waals surface area (Å²) >= 11 is 0. The number of para-hydroxylation sites is 1. The second-order valence-corrected chi connectivity index (χ2v) is 5.32. The summed E-state index contributed by atoms with van der Waals surface area (Å²) in [6.45, 7) is 2.21. The Balaban J connectivity index is 1.44. The van der Waals surface area contributed by atoms with Crippen molar-refractivity contribution < 1.29 is 23.7 Å². The van der Waals surface area contributed by atoms with Crippen LogP contribution in [0.25, 0.3) is 22.4 Å². The summed E-state index contributed by atoms with van der Waals surface area (Å²) in [4.78, 5) is 4.39. The molecule has 0 atom stereocenters. The Morgan fingerprint density at radius 2 is 1.72 bits per heavy atom. The summed E-state index contributed by atoms with van der Waals surface area (Å²) < 4.78 is 21.8. The van der Waals surface area contributed by atoms with Crippen LogP contribution in [0.1, 0.15) is 0 Å². The first-order valence-corrected chi connectivity index (χ1v) is 8.21. The highest BCUT2D eigenvalue weighted by molar-refractivity contribution is 5.82. The van der Waals surface area contributed by atoms with Gasteiger partial charge < -0.3 is 23.7 Å². The number of hydrogen-bond acceptors (Lipinski definition) is 6. The lowest BCUT2D eigenvalue weighted by Crippen LogP contribution is -2.12. The van der Waals surface area contributed by atoms with E-state index in [2.05, 4.69) is 4.98 Å². The molecule has 132 valence electrons. The van der Waals surface area contributed by atoms with Gasteiger partial charge in [-0.05, 0) is 24.3 Å². The fourth-order valence-corrected chi connectivity index (χ4v) is 2.32. The van der Waals surface area contributed by atoms with Crippen LogP contribution in [0.4, 0.5) is 0 Å². The van der Waals surface area contributed by atoms with E-state index in [1.165, 1.54) is 0 Å². The molecule has 0 spiro atoms. The molecule has 0 aliphatic carbocycles. The lowest BCUT2D eigenvalue weighted by Gasteiger charge is -2.07. The highest BCUT2D eigenvalue weighted by Crippen LogP contribution is 2.27. The van der Waals surface area contributed by atoms with Crippen LogP contribution in [0, 0.1) is 0 Å². The molecular weight excluding hydrogens is 322 g/mol. The first-order chi connectivity index (χ1) is 12.4. The number of pyridine rings is 1. The van der Waals surface area contributed by atoms with Crippen LogP contribution >= 0.6 is 0 Å². The third-order valence-electron chi connectivity index (χ3n) is 3.52. The van der Waals surface area contributed by atoms with Crippen LogP contribution in [0.3, 0.4) is 0 Å². The van der Waals surface area contributed by atoms with Crippen molar-refractivity contribution in [3.8, 4) is 17.2 Å². The summed E-state index contributed by atoms with van der Waals surface area (Å²) in [5, 5.41) is 9.62. The molecule has 6 heteroatoms. The molecule has 0 saturated heterocycles. The number of hydrogen-bond donors (Lipinski definition) is 1. The number of aliphatic hydroxyl groups excluding tert-OH is 1. The second-order valence-electron chi connectivity index (χ2n) is 5.32. The van der Waals surface area contributed by atoms with Gasteiger partial charge in [-0.2, -0.15) is 0 Å². The van der Waals surface area contributed by atoms with Crippen molar-refractivity contribution in [1.82, 2.24) is 4.98 Å². The van der Waals surface area contributed by atoms with Crippen molar-refractivity contribution in [2.45, 2.75) is 0 Å². The standard InChI is InChI=1S/C19H21NO5/c21-7-8-22-9-10-23-11-12-24-16-5-6-17(20-14-16)19-13-15-3-1-2-4-18(15)25-19/h1-6,13-14,21H,7-12H2. The quantitative estimate of drug-likeness (QED) is 0.571. The Labute approximate surface area is 146 Å². The molecule has 0 radical (unpaired) electrons. The van der Waals surface area contributed by atoms with Crippen LogP contribution in [0.5, 0.6) is 5.75 Å². The van der Waals surface area contributed by atoms with Crippen molar-refractivity contribution in [2.75, 3.05) is 39.6 Å². The molecule has 2 aromatic heterocycles. The zero-order valence-corrected chi connectivity index (χ0v) is 13.9. The van der Waals surface area contributed by atoms with Crippen molar-refractivity contribution in [1.29, 1.82) is 0 Å². The molecule has 25 heavy (non-hydrogen) atoms. The summed E-state index contributed by atoms with van der Waals surface area (Å²) in [5.74, 6) is 1.42. The molecule has 3 rings (SSSR count). The first kappa shape index (κ1) is 17.4. The lowest BCUT2D eigenvalue weighted by atomic mass is 10.2. The zero-order valence-electron chi connectivity index (χ0n) is 13.9. The SMILES string of the molecule is OCCOCCOCCOc1ccc(-c2cc3ccccc3o2)nc1. The average molecular weight is 343 g/mol. The minimum absolute atomic E-state index is 0.0279. The molecule has 1 N–H and O–H groups in total. The van der Waals surface area contributed by atoms with Crippen molar-refractivity contribution in [3.05, 3.63) is 48.7 Å². The van der Waals surface area contributed by atoms with E-state index in [0.717, 1.165) is 22.4 Å². The van der Waals surface area contributed by atoms with Crippen LogP contribution in [-0.2, 0) is 9.47 Å². The van der Waals surface area contributed by atoms with Gasteiger partial charge in [0.2, 0.25) is 0 Å². The fraction of sp³-hybridized carbons (Fsp3) is 0.316. The maximum absolute atomic E-state index is 8.56. The maximum atomic E-state index is 8.56. The summed E-state index contributed by atoms with van der Waals surface area (Å²) in [5.41, 5.74) is 1.61. The highest BCUT2D eigenvalue weighted by atomic mass is 16.5. The van der Waals surface area contributed by atoms with Gasteiger partial charge in [-0.1, -0.05) is 18.2 Å². The predicted molar refractivity (Wildman–Crippen MR) is 93.7 cm³/mol. The average Bonchev–Trinajstić information content (AvgIpc) is 3.08. The van der Waals surface area contributed by atoms with Crippen LogP contribution in [-0.4, -0.2) is 49.7 Å². The van der Waals surface area contributed by atoms with Gasteiger partial charge >= 0.3 is 0 Å². The Morgan fingerprint density at radius 1 is 0.920 bits per heavy atom. The number of aliphatic hydroxyl groups is 1. The Hall–Kier alpha value is -2.41. The molecular formula is C19H21NO5. The van der Waals surface area contributed by atoms with Gasteiger partial charge in [0.1, 0.15) is 23.6 Å². The number of rotatable bonds is 10. The second kappa shape index (κ2) is 9.17. The van der Waals surface area contributed by atoms with Crippen LogP contribution in [0.2, 0.25) is 0 Å². The van der Waals surface area contributed by atoms with Gasteiger partial charge in [0.05, 0.1) is 39.2 Å². The largest absolute Gasteiger partial charge is 0.490 e. The number of aromatic nitrogens is 1. The first-order valence-electron chi connectivity index (χ1n) is 8.21. The minimum atomic E-state index is 0.0279. The van der Waals surface area contributed by atoms with E-state index in [1.807, 2.05) is 42.5 Å². The van der Waals surface area contributed by atoms with Gasteiger partial charge in [0, 0.05) is 5.39 Å². The van der Waals surface area contributed by atoms with Gasteiger partial charge in [-0.3, -0.25) is 0 Å². The topological polar surface area (TPSA) is 74.0 Å². The molecule has 0 saturated carbocycles. The third-order valence-corrected chi connectivity index (χ3v) is 3.52. The number of ether oxygens (including phenoxy) is 3. The molecule has 1 aromatic carbocycles. The Morgan fingerprint density at radius 3 is 2.48 bits per heavy atom. The molecule has 0 unspecified atom stereocenters. The molecule has 0 amide bonds. The fourth-order valence-electron chi connectivity index (χ4n) is 2.32. The molecule has 0 fully saturated rings. The molecule has 2 heterocycles. The van der Waals surface area contributed by atoms with Gasteiger partial charge in [-0.15, -0.1) is 0 Å². The summed E-state index contributed by atoms with van der Waals surface area (Å²) in [6.07, 6.45) is 1.67. The highest BCUT2D eigenvalue weighted by Gasteiger charge is 2.07. The van der Waals surface area contributed by atoms with Crippen molar-refractivity contribution in [2.24, 2.45) is 0 Å². The van der Waals surface area contributed by atoms with Crippen LogP contribution in [0.15, 0.2) is 53.1 Å². The van der Waals surface area contributed by atoms with E-state index in [-0.39, 0.29) is 6.61 Å². The third kappa shape index (κ3) is 5.03. The van der Waals surface area contributed by atoms with Crippen LogP contribution < -0.4 is 4.74 Å². The minimum Gasteiger partial charge on any atom is -0.490 e. The number of nitrogens with zero attached hydrogens (tertiary/aromatic N) is 1. The predicted octanol–water partition coefficient (Wildman–Crippen LogP) is 2.90. The smallest absolute Gasteiger partial charge is 0.153 e. The zero-order chi connectivity index (χ0) is 17.3. The number of fused-ring (bicyclic) bond motifs is 1. The molecule has 3 aromatic rings. The summed E-state index contributed by atoms with van der Waals surface area (Å²) in [7, 11) is 0. The van der Waals surface area contributed by atoms with Crippen molar-refractivity contribution >= 4 is 11.0 Å². The molecule has 0 aliphatic rings. The maximum Gasteiger partial charge on any atom is 0.153 e. The van der Waals surface area contributed by atoms with Gasteiger partial charge in [-0.25, -0.2) is 4.98 Å². The van der Waals surface area contributed by atoms with Gasteiger partial charge in [0.25, 0.3) is 0 Å². The van der Waals surface area contributed by atoms with E-state index in [9.17, 15) is 0 Å². The molecule has 0 aliphatic heterocycles. The van der Waals surface area contributed by atoms with E-state index in [1.54, 1.807) is 6.20 Å². The van der Waals surface area contributed by atoms with E-state index in [0.29, 0.717) is 38.8 Å². The monoisotopic (exact) mass is 343 g/mol. The molecule has 6 nitrogen and oxygen atoms in total.